The fourth-order valence-corrected chi connectivity index (χ4v) is 3.97. The summed E-state index contributed by atoms with van der Waals surface area (Å²) in [7, 11) is -3.11. The standard InChI is InChI=1S/C16H20N2O3S/c1-11(10-22(2,20)21)18(14-4-5-14)16(19)13-3-6-15-12(9-13)7-8-17-15/h3,6-9,11,14,17H,4-5,10H2,1-2H3. The molecule has 1 unspecified atom stereocenters. The van der Waals surface area contributed by atoms with Gasteiger partial charge in [0, 0.05) is 41.0 Å². The van der Waals surface area contributed by atoms with Crippen LogP contribution >= 0.6 is 0 Å². The summed E-state index contributed by atoms with van der Waals surface area (Å²) >= 11 is 0. The molecule has 0 bridgehead atoms. The number of rotatable bonds is 5. The highest BCUT2D eigenvalue weighted by atomic mass is 32.2. The third kappa shape index (κ3) is 3.16. The third-order valence-electron chi connectivity index (χ3n) is 3.99. The quantitative estimate of drug-likeness (QED) is 0.918. The molecule has 0 spiro atoms. The molecule has 1 atom stereocenters. The van der Waals surface area contributed by atoms with E-state index in [1.165, 1.54) is 6.26 Å². The molecule has 0 radical (unpaired) electrons. The number of aromatic amines is 1. The summed E-state index contributed by atoms with van der Waals surface area (Å²) in [5, 5.41) is 0.984. The number of fused-ring (bicyclic) bond motifs is 1. The van der Waals surface area contributed by atoms with Gasteiger partial charge in [-0.1, -0.05) is 0 Å². The Kier molecular flexibility index (Phi) is 3.72. The van der Waals surface area contributed by atoms with Gasteiger partial charge in [0.1, 0.15) is 9.84 Å². The number of amides is 1. The van der Waals surface area contributed by atoms with Gasteiger partial charge >= 0.3 is 0 Å². The van der Waals surface area contributed by atoms with Crippen LogP contribution in [0.4, 0.5) is 0 Å². The van der Waals surface area contributed by atoms with Gasteiger partial charge in [-0.25, -0.2) is 8.42 Å². The molecule has 1 saturated carbocycles. The summed E-state index contributed by atoms with van der Waals surface area (Å²) in [4.78, 5) is 17.7. The van der Waals surface area contributed by atoms with Crippen LogP contribution in [0.25, 0.3) is 10.9 Å². The van der Waals surface area contributed by atoms with Crippen molar-refractivity contribution in [3.05, 3.63) is 36.0 Å². The van der Waals surface area contributed by atoms with Crippen molar-refractivity contribution in [2.75, 3.05) is 12.0 Å². The van der Waals surface area contributed by atoms with Crippen LogP contribution in [0.5, 0.6) is 0 Å². The number of nitrogens with one attached hydrogen (secondary N) is 1. The van der Waals surface area contributed by atoms with E-state index in [0.29, 0.717) is 5.56 Å². The largest absolute Gasteiger partial charge is 0.361 e. The second kappa shape index (κ2) is 5.43. The molecule has 1 aliphatic carbocycles. The zero-order valence-corrected chi connectivity index (χ0v) is 13.6. The first-order chi connectivity index (χ1) is 10.3. The summed E-state index contributed by atoms with van der Waals surface area (Å²) in [6, 6.07) is 7.33. The fraction of sp³-hybridized carbons (Fsp3) is 0.438. The van der Waals surface area contributed by atoms with E-state index in [1.54, 1.807) is 11.0 Å². The summed E-state index contributed by atoms with van der Waals surface area (Å²) in [6.45, 7) is 1.81. The lowest BCUT2D eigenvalue weighted by Crippen LogP contribution is -2.43. The minimum absolute atomic E-state index is 0.00163. The molecule has 5 nitrogen and oxygen atoms in total. The first-order valence-electron chi connectivity index (χ1n) is 7.43. The van der Waals surface area contributed by atoms with Crippen molar-refractivity contribution in [2.45, 2.75) is 31.8 Å². The van der Waals surface area contributed by atoms with Crippen molar-refractivity contribution < 1.29 is 13.2 Å². The summed E-state index contributed by atoms with van der Waals surface area (Å²) in [6.07, 6.45) is 4.95. The van der Waals surface area contributed by atoms with Crippen molar-refractivity contribution in [3.63, 3.8) is 0 Å². The molecule has 1 amide bonds. The average molecular weight is 320 g/mol. The summed E-state index contributed by atoms with van der Waals surface area (Å²) in [5.74, 6) is -0.0801. The van der Waals surface area contributed by atoms with Gasteiger partial charge in [0.15, 0.2) is 0 Å². The third-order valence-corrected chi connectivity index (χ3v) is 5.08. The van der Waals surface area contributed by atoms with Gasteiger partial charge < -0.3 is 9.88 Å². The molecular weight excluding hydrogens is 300 g/mol. The molecule has 2 aromatic rings. The van der Waals surface area contributed by atoms with Gasteiger partial charge in [-0.2, -0.15) is 0 Å². The molecule has 1 fully saturated rings. The predicted octanol–water partition coefficient (Wildman–Crippen LogP) is 2.21. The van der Waals surface area contributed by atoms with Gasteiger partial charge in [0.2, 0.25) is 0 Å². The van der Waals surface area contributed by atoms with Gasteiger partial charge in [-0.3, -0.25) is 4.79 Å². The highest BCUT2D eigenvalue weighted by molar-refractivity contribution is 7.90. The Labute approximate surface area is 130 Å². The zero-order valence-electron chi connectivity index (χ0n) is 12.7. The monoisotopic (exact) mass is 320 g/mol. The molecule has 1 aromatic heterocycles. The van der Waals surface area contributed by atoms with Crippen molar-refractivity contribution in [2.24, 2.45) is 0 Å². The van der Waals surface area contributed by atoms with Crippen LogP contribution < -0.4 is 0 Å². The van der Waals surface area contributed by atoms with E-state index < -0.39 is 9.84 Å². The Morgan fingerprint density at radius 2 is 2.09 bits per heavy atom. The first kappa shape index (κ1) is 15.1. The van der Waals surface area contributed by atoms with Gasteiger partial charge in [0.25, 0.3) is 5.91 Å². The Balaban J connectivity index is 1.88. The second-order valence-electron chi connectivity index (χ2n) is 6.16. The van der Waals surface area contributed by atoms with Crippen molar-refractivity contribution in [3.8, 4) is 0 Å². The number of carbonyl (C=O) groups excluding carboxylic acids is 1. The molecule has 6 heteroatoms. The Morgan fingerprint density at radius 3 is 2.73 bits per heavy atom. The van der Waals surface area contributed by atoms with E-state index >= 15 is 0 Å². The molecule has 1 aliphatic rings. The maximum Gasteiger partial charge on any atom is 0.254 e. The van der Waals surface area contributed by atoms with Crippen molar-refractivity contribution in [1.29, 1.82) is 0 Å². The highest BCUT2D eigenvalue weighted by Crippen LogP contribution is 2.31. The number of benzene rings is 1. The molecule has 0 saturated heterocycles. The smallest absolute Gasteiger partial charge is 0.254 e. The van der Waals surface area contributed by atoms with Crippen LogP contribution in [0.3, 0.4) is 0 Å². The molecule has 0 aliphatic heterocycles. The summed E-state index contributed by atoms with van der Waals surface area (Å²) < 4.78 is 23.1. The lowest BCUT2D eigenvalue weighted by molar-refractivity contribution is 0.0693. The highest BCUT2D eigenvalue weighted by Gasteiger charge is 2.37. The Hall–Kier alpha value is -1.82. The lowest BCUT2D eigenvalue weighted by Gasteiger charge is -2.29. The minimum Gasteiger partial charge on any atom is -0.361 e. The second-order valence-corrected chi connectivity index (χ2v) is 8.35. The number of H-pyrrole nitrogens is 1. The van der Waals surface area contributed by atoms with Crippen LogP contribution in [-0.2, 0) is 9.84 Å². The molecule has 3 rings (SSSR count). The van der Waals surface area contributed by atoms with Crippen LogP contribution in [0.2, 0.25) is 0 Å². The molecule has 1 aromatic carbocycles. The van der Waals surface area contributed by atoms with Crippen LogP contribution in [-0.4, -0.2) is 48.3 Å². The van der Waals surface area contributed by atoms with Crippen LogP contribution in [0, 0.1) is 0 Å². The van der Waals surface area contributed by atoms with Gasteiger partial charge in [-0.05, 0) is 44.0 Å². The molecule has 1 N–H and O–H groups in total. The molecule has 1 heterocycles. The Morgan fingerprint density at radius 1 is 1.36 bits per heavy atom. The van der Waals surface area contributed by atoms with E-state index in [9.17, 15) is 13.2 Å². The minimum atomic E-state index is -3.11. The van der Waals surface area contributed by atoms with E-state index in [-0.39, 0.29) is 23.7 Å². The number of sulfone groups is 1. The number of carbonyl (C=O) groups is 1. The molecular formula is C16H20N2O3S. The Bertz CT molecular complexity index is 806. The van der Waals surface area contributed by atoms with Gasteiger partial charge in [0.05, 0.1) is 5.75 Å². The molecule has 22 heavy (non-hydrogen) atoms. The van der Waals surface area contributed by atoms with E-state index in [0.717, 1.165) is 23.7 Å². The molecule has 118 valence electrons. The van der Waals surface area contributed by atoms with Crippen molar-refractivity contribution in [1.82, 2.24) is 9.88 Å². The maximum absolute atomic E-state index is 12.8. The van der Waals surface area contributed by atoms with E-state index in [1.807, 2.05) is 31.3 Å². The normalized spacial score (nSPS) is 16.6. The van der Waals surface area contributed by atoms with E-state index in [4.69, 9.17) is 0 Å². The summed E-state index contributed by atoms with van der Waals surface area (Å²) in [5.41, 5.74) is 1.60. The van der Waals surface area contributed by atoms with E-state index in [2.05, 4.69) is 4.98 Å². The topological polar surface area (TPSA) is 70.2 Å². The zero-order chi connectivity index (χ0) is 15.9. The lowest BCUT2D eigenvalue weighted by atomic mass is 10.1. The number of hydrogen-bond donors (Lipinski definition) is 1. The van der Waals surface area contributed by atoms with Gasteiger partial charge in [-0.15, -0.1) is 0 Å². The SMILES string of the molecule is CC(CS(C)(=O)=O)N(C(=O)c1ccc2[nH]ccc2c1)C1CC1. The first-order valence-corrected chi connectivity index (χ1v) is 9.49. The number of hydrogen-bond acceptors (Lipinski definition) is 3. The maximum atomic E-state index is 12.8. The predicted molar refractivity (Wildman–Crippen MR) is 86.7 cm³/mol. The van der Waals surface area contributed by atoms with Crippen LogP contribution in [0.1, 0.15) is 30.1 Å². The fourth-order valence-electron chi connectivity index (χ4n) is 2.93. The average Bonchev–Trinajstić information content (AvgIpc) is 3.13. The number of aromatic nitrogens is 1. The van der Waals surface area contributed by atoms with Crippen molar-refractivity contribution >= 4 is 26.6 Å². The van der Waals surface area contributed by atoms with Crippen LogP contribution in [0.15, 0.2) is 30.5 Å². The number of nitrogens with zero attached hydrogens (tertiary/aromatic N) is 1.